The second-order valence-corrected chi connectivity index (χ2v) is 8.19. The van der Waals surface area contributed by atoms with Gasteiger partial charge in [0.25, 0.3) is 0 Å². The Labute approximate surface area is 179 Å². The van der Waals surface area contributed by atoms with Crippen LogP contribution in [0.5, 0.6) is 0 Å². The van der Waals surface area contributed by atoms with E-state index in [0.717, 1.165) is 24.3 Å². The van der Waals surface area contributed by atoms with Gasteiger partial charge in [0.15, 0.2) is 0 Å². The molecule has 1 aliphatic heterocycles. The zero-order valence-corrected chi connectivity index (χ0v) is 17.4. The summed E-state index contributed by atoms with van der Waals surface area (Å²) in [4.78, 5) is 14.5. The van der Waals surface area contributed by atoms with Crippen LogP contribution in [0.3, 0.4) is 0 Å². The van der Waals surface area contributed by atoms with Gasteiger partial charge in [-0.05, 0) is 61.7 Å². The summed E-state index contributed by atoms with van der Waals surface area (Å²) in [6.07, 6.45) is 3.83. The van der Waals surface area contributed by atoms with E-state index >= 15 is 0 Å². The van der Waals surface area contributed by atoms with Crippen molar-refractivity contribution in [2.45, 2.75) is 24.3 Å². The molecule has 154 valence electrons. The van der Waals surface area contributed by atoms with Crippen molar-refractivity contribution in [1.29, 1.82) is 0 Å². The number of hydrogen-bond acceptors (Lipinski definition) is 5. The molecule has 30 heavy (non-hydrogen) atoms. The Balaban J connectivity index is 1.32. The van der Waals surface area contributed by atoms with Crippen molar-refractivity contribution in [1.82, 2.24) is 10.2 Å². The number of piperidine rings is 1. The van der Waals surface area contributed by atoms with Gasteiger partial charge in [0.1, 0.15) is 10.8 Å². The molecule has 0 aliphatic carbocycles. The Kier molecular flexibility index (Phi) is 6.59. The number of nitrogens with one attached hydrogen (secondary N) is 1. The van der Waals surface area contributed by atoms with Gasteiger partial charge in [0, 0.05) is 30.0 Å². The standard InChI is InChI=1S/C23H23FN4OS/c24-18-5-4-6-19(15-18)25-22(29)16-30-23-12-11-21(26-27-23)17-7-9-20(10-8-17)28-13-2-1-3-14-28/h4-12,15H,1-3,13-14,16H2,(H,25,29). The predicted molar refractivity (Wildman–Crippen MR) is 119 cm³/mol. The van der Waals surface area contributed by atoms with Gasteiger partial charge in [0.05, 0.1) is 11.4 Å². The molecule has 2 aromatic carbocycles. The minimum Gasteiger partial charge on any atom is -0.372 e. The molecule has 1 fully saturated rings. The summed E-state index contributed by atoms with van der Waals surface area (Å²) < 4.78 is 13.2. The van der Waals surface area contributed by atoms with Crippen LogP contribution in [0.15, 0.2) is 65.7 Å². The molecule has 1 amide bonds. The quantitative estimate of drug-likeness (QED) is 0.566. The molecule has 0 bridgehead atoms. The molecule has 5 nitrogen and oxygen atoms in total. The average molecular weight is 423 g/mol. The summed E-state index contributed by atoms with van der Waals surface area (Å²) in [6.45, 7) is 2.25. The number of aromatic nitrogens is 2. The lowest BCUT2D eigenvalue weighted by Crippen LogP contribution is -2.29. The summed E-state index contributed by atoms with van der Waals surface area (Å²) in [5.41, 5.74) is 3.51. The van der Waals surface area contributed by atoms with Crippen LogP contribution in [0.4, 0.5) is 15.8 Å². The monoisotopic (exact) mass is 422 g/mol. The van der Waals surface area contributed by atoms with Gasteiger partial charge in [0.2, 0.25) is 5.91 Å². The van der Waals surface area contributed by atoms with Gasteiger partial charge in [-0.3, -0.25) is 4.79 Å². The maximum atomic E-state index is 13.2. The Morgan fingerprint density at radius 2 is 1.80 bits per heavy atom. The number of anilines is 2. The van der Waals surface area contributed by atoms with Crippen LogP contribution in [0.2, 0.25) is 0 Å². The van der Waals surface area contributed by atoms with Gasteiger partial charge in [-0.2, -0.15) is 0 Å². The normalized spacial score (nSPS) is 13.8. The van der Waals surface area contributed by atoms with Crippen molar-refractivity contribution in [3.63, 3.8) is 0 Å². The fraction of sp³-hybridized carbons (Fsp3) is 0.261. The molecule has 7 heteroatoms. The highest BCUT2D eigenvalue weighted by Crippen LogP contribution is 2.25. The van der Waals surface area contributed by atoms with Crippen LogP contribution in [-0.4, -0.2) is 34.9 Å². The minimum atomic E-state index is -0.383. The van der Waals surface area contributed by atoms with E-state index in [1.807, 2.05) is 12.1 Å². The molecule has 2 heterocycles. The molecule has 0 saturated carbocycles. The molecular weight excluding hydrogens is 399 g/mol. The third-order valence-corrected chi connectivity index (χ3v) is 5.90. The fourth-order valence-electron chi connectivity index (χ4n) is 3.45. The lowest BCUT2D eigenvalue weighted by atomic mass is 10.1. The molecule has 1 saturated heterocycles. The third kappa shape index (κ3) is 5.36. The minimum absolute atomic E-state index is 0.176. The summed E-state index contributed by atoms with van der Waals surface area (Å²) in [7, 11) is 0. The van der Waals surface area contributed by atoms with E-state index in [1.165, 1.54) is 48.8 Å². The van der Waals surface area contributed by atoms with Gasteiger partial charge in [-0.25, -0.2) is 4.39 Å². The number of carbonyl (C=O) groups excluding carboxylic acids is 1. The first-order chi connectivity index (χ1) is 14.7. The second kappa shape index (κ2) is 9.71. The highest BCUT2D eigenvalue weighted by Gasteiger charge is 2.11. The number of halogens is 1. The molecule has 0 atom stereocenters. The fourth-order valence-corrected chi connectivity index (χ4v) is 4.06. The van der Waals surface area contributed by atoms with Gasteiger partial charge >= 0.3 is 0 Å². The van der Waals surface area contributed by atoms with Crippen molar-refractivity contribution in [2.24, 2.45) is 0 Å². The molecule has 1 N–H and O–H groups in total. The first-order valence-corrected chi connectivity index (χ1v) is 11.0. The lowest BCUT2D eigenvalue weighted by Gasteiger charge is -2.28. The van der Waals surface area contributed by atoms with E-state index in [9.17, 15) is 9.18 Å². The topological polar surface area (TPSA) is 58.1 Å². The predicted octanol–water partition coefficient (Wildman–Crippen LogP) is 5.00. The number of amides is 1. The van der Waals surface area contributed by atoms with E-state index < -0.39 is 0 Å². The number of hydrogen-bond donors (Lipinski definition) is 1. The third-order valence-electron chi connectivity index (χ3n) is 4.98. The molecule has 1 aromatic heterocycles. The van der Waals surface area contributed by atoms with E-state index in [1.54, 1.807) is 12.1 Å². The summed E-state index contributed by atoms with van der Waals surface area (Å²) in [6, 6.07) is 18.0. The van der Waals surface area contributed by atoms with Crippen LogP contribution in [0, 0.1) is 5.82 Å². The maximum Gasteiger partial charge on any atom is 0.234 e. The van der Waals surface area contributed by atoms with Crippen molar-refractivity contribution in [3.05, 3.63) is 66.5 Å². The van der Waals surface area contributed by atoms with Crippen molar-refractivity contribution in [3.8, 4) is 11.3 Å². The summed E-state index contributed by atoms with van der Waals surface area (Å²) in [5, 5.41) is 11.9. The molecule has 0 spiro atoms. The molecule has 1 aliphatic rings. The second-order valence-electron chi connectivity index (χ2n) is 7.20. The number of carbonyl (C=O) groups is 1. The zero-order chi connectivity index (χ0) is 20.8. The molecule has 4 rings (SSSR count). The van der Waals surface area contributed by atoms with E-state index in [4.69, 9.17) is 0 Å². The largest absolute Gasteiger partial charge is 0.372 e. The van der Waals surface area contributed by atoms with Gasteiger partial charge in [-0.1, -0.05) is 30.0 Å². The van der Waals surface area contributed by atoms with Gasteiger partial charge < -0.3 is 10.2 Å². The van der Waals surface area contributed by atoms with Gasteiger partial charge in [-0.15, -0.1) is 10.2 Å². The maximum absolute atomic E-state index is 13.2. The Hall–Kier alpha value is -2.93. The van der Waals surface area contributed by atoms with Crippen molar-refractivity contribution >= 4 is 29.0 Å². The molecule has 3 aromatic rings. The van der Waals surface area contributed by atoms with Crippen LogP contribution in [0.1, 0.15) is 19.3 Å². The number of nitrogens with zero attached hydrogens (tertiary/aromatic N) is 3. The van der Waals surface area contributed by atoms with Crippen LogP contribution >= 0.6 is 11.8 Å². The molecule has 0 unspecified atom stereocenters. The van der Waals surface area contributed by atoms with Crippen molar-refractivity contribution in [2.75, 3.05) is 29.1 Å². The number of benzene rings is 2. The highest BCUT2D eigenvalue weighted by atomic mass is 32.2. The Bertz CT molecular complexity index is 989. The SMILES string of the molecule is O=C(CSc1ccc(-c2ccc(N3CCCCC3)cc2)nn1)Nc1cccc(F)c1. The molecular formula is C23H23FN4OS. The summed E-state index contributed by atoms with van der Waals surface area (Å²) in [5.74, 6) is -0.426. The first-order valence-electron chi connectivity index (χ1n) is 10.0. The summed E-state index contributed by atoms with van der Waals surface area (Å²) >= 11 is 1.29. The highest BCUT2D eigenvalue weighted by molar-refractivity contribution is 7.99. The average Bonchev–Trinajstić information content (AvgIpc) is 2.79. The first kappa shape index (κ1) is 20.3. The Morgan fingerprint density at radius 1 is 1.00 bits per heavy atom. The molecule has 0 radical (unpaired) electrons. The van der Waals surface area contributed by atoms with Crippen LogP contribution < -0.4 is 10.2 Å². The Morgan fingerprint density at radius 3 is 2.50 bits per heavy atom. The lowest BCUT2D eigenvalue weighted by molar-refractivity contribution is -0.113. The smallest absolute Gasteiger partial charge is 0.234 e. The van der Waals surface area contributed by atoms with Crippen LogP contribution in [-0.2, 0) is 4.79 Å². The van der Waals surface area contributed by atoms with Crippen molar-refractivity contribution < 1.29 is 9.18 Å². The van der Waals surface area contributed by atoms with E-state index in [2.05, 4.69) is 44.7 Å². The van der Waals surface area contributed by atoms with Crippen LogP contribution in [0.25, 0.3) is 11.3 Å². The number of thioether (sulfide) groups is 1. The number of rotatable bonds is 6. The van der Waals surface area contributed by atoms with E-state index in [-0.39, 0.29) is 17.5 Å². The zero-order valence-electron chi connectivity index (χ0n) is 16.6. The van der Waals surface area contributed by atoms with E-state index in [0.29, 0.717) is 10.7 Å².